The fourth-order valence-electron chi connectivity index (χ4n) is 5.21. The number of nitrogen functional groups attached to an aromatic ring is 1. The van der Waals surface area contributed by atoms with Gasteiger partial charge in [-0.05, 0) is 31.4 Å². The van der Waals surface area contributed by atoms with Crippen molar-refractivity contribution in [1.82, 2.24) is 10.2 Å². The third-order valence-electron chi connectivity index (χ3n) is 7.06. The second-order valence-corrected chi connectivity index (χ2v) is 9.37. The molecule has 3 aliphatic rings. The minimum absolute atomic E-state index is 0.0210. The zero-order chi connectivity index (χ0) is 21.1. The Morgan fingerprint density at radius 3 is 2.90 bits per heavy atom. The molecular weight excluding hydrogens is 402 g/mol. The molecule has 1 aliphatic carbocycles. The molecule has 3 N–H and O–H groups in total. The van der Waals surface area contributed by atoms with Gasteiger partial charge in [-0.15, -0.1) is 0 Å². The van der Waals surface area contributed by atoms with E-state index in [1.54, 1.807) is 13.2 Å². The van der Waals surface area contributed by atoms with E-state index in [1.165, 1.54) is 38.5 Å². The van der Waals surface area contributed by atoms with E-state index in [0.29, 0.717) is 35.1 Å². The zero-order valence-corrected chi connectivity index (χ0v) is 18.7. The highest BCUT2D eigenvalue weighted by atomic mass is 35.5. The molecule has 1 saturated heterocycles. The Balaban J connectivity index is 1.35. The van der Waals surface area contributed by atoms with E-state index in [2.05, 4.69) is 10.2 Å². The lowest BCUT2D eigenvalue weighted by Crippen LogP contribution is -2.55. The van der Waals surface area contributed by atoms with Crippen LogP contribution in [0.2, 0.25) is 5.02 Å². The molecular formula is C23H34ClN3O3. The van der Waals surface area contributed by atoms with Crippen LogP contribution in [0.3, 0.4) is 0 Å². The lowest BCUT2D eigenvalue weighted by molar-refractivity contribution is 0.00454. The third-order valence-corrected chi connectivity index (χ3v) is 7.37. The third kappa shape index (κ3) is 4.71. The smallest absolute Gasteiger partial charge is 0.255 e. The van der Waals surface area contributed by atoms with Crippen molar-refractivity contribution in [3.05, 3.63) is 22.2 Å². The molecule has 0 aromatic heterocycles. The number of amides is 1. The summed E-state index contributed by atoms with van der Waals surface area (Å²) in [6.45, 7) is 3.49. The van der Waals surface area contributed by atoms with Gasteiger partial charge in [-0.2, -0.15) is 0 Å². The summed E-state index contributed by atoms with van der Waals surface area (Å²) in [6, 6.07) is 1.60. The van der Waals surface area contributed by atoms with Gasteiger partial charge < -0.3 is 25.4 Å². The van der Waals surface area contributed by atoms with E-state index in [4.69, 9.17) is 26.8 Å². The summed E-state index contributed by atoms with van der Waals surface area (Å²) in [7, 11) is 1.73. The molecule has 0 radical (unpaired) electrons. The van der Waals surface area contributed by atoms with Crippen LogP contribution in [0.5, 0.6) is 5.75 Å². The van der Waals surface area contributed by atoms with Crippen molar-refractivity contribution in [2.75, 3.05) is 39.1 Å². The number of hydrogen-bond acceptors (Lipinski definition) is 5. The minimum Gasteiger partial charge on any atom is -0.492 e. The van der Waals surface area contributed by atoms with E-state index in [-0.39, 0.29) is 18.1 Å². The predicted molar refractivity (Wildman–Crippen MR) is 119 cm³/mol. The number of nitrogens with one attached hydrogen (secondary N) is 1. The van der Waals surface area contributed by atoms with Crippen molar-refractivity contribution in [3.63, 3.8) is 0 Å². The number of fused-ring (bicyclic) bond motifs is 1. The number of anilines is 1. The van der Waals surface area contributed by atoms with Gasteiger partial charge in [0.1, 0.15) is 5.75 Å². The zero-order valence-electron chi connectivity index (χ0n) is 17.9. The number of hydrogen-bond donors (Lipinski definition) is 2. The maximum atomic E-state index is 13.1. The fourth-order valence-corrected chi connectivity index (χ4v) is 5.43. The van der Waals surface area contributed by atoms with Crippen LogP contribution in [0.15, 0.2) is 6.07 Å². The van der Waals surface area contributed by atoms with Crippen LogP contribution in [-0.4, -0.2) is 56.3 Å². The Morgan fingerprint density at radius 2 is 2.13 bits per heavy atom. The Bertz CT molecular complexity index is 767. The minimum atomic E-state index is -0.169. The topological polar surface area (TPSA) is 76.8 Å². The highest BCUT2D eigenvalue weighted by molar-refractivity contribution is 6.33. The number of methoxy groups -OCH3 is 1. The van der Waals surface area contributed by atoms with Gasteiger partial charge in [0.2, 0.25) is 0 Å². The molecule has 1 amide bonds. The highest BCUT2D eigenvalue weighted by Gasteiger charge is 2.33. The first kappa shape index (κ1) is 21.7. The molecule has 2 unspecified atom stereocenters. The second-order valence-electron chi connectivity index (χ2n) is 8.96. The largest absolute Gasteiger partial charge is 0.492 e. The van der Waals surface area contributed by atoms with Crippen LogP contribution in [0, 0.1) is 5.92 Å². The van der Waals surface area contributed by atoms with E-state index in [9.17, 15) is 4.79 Å². The molecule has 2 aliphatic heterocycles. The van der Waals surface area contributed by atoms with Crippen molar-refractivity contribution in [1.29, 1.82) is 0 Å². The Hall–Kier alpha value is -1.50. The van der Waals surface area contributed by atoms with Gasteiger partial charge in [0.15, 0.2) is 0 Å². The predicted octanol–water partition coefficient (Wildman–Crippen LogP) is 3.65. The van der Waals surface area contributed by atoms with E-state index < -0.39 is 0 Å². The first-order valence-electron chi connectivity index (χ1n) is 11.4. The Kier molecular flexibility index (Phi) is 7.06. The molecule has 4 rings (SSSR count). The van der Waals surface area contributed by atoms with Crippen molar-refractivity contribution in [3.8, 4) is 5.75 Å². The van der Waals surface area contributed by atoms with Gasteiger partial charge in [0.25, 0.3) is 5.91 Å². The summed E-state index contributed by atoms with van der Waals surface area (Å²) in [5.74, 6) is 1.29. The molecule has 7 heteroatoms. The summed E-state index contributed by atoms with van der Waals surface area (Å²) in [5.41, 5.74) is 7.88. The van der Waals surface area contributed by atoms with Gasteiger partial charge in [0, 0.05) is 32.2 Å². The molecule has 1 aromatic carbocycles. The van der Waals surface area contributed by atoms with E-state index in [0.717, 1.165) is 37.5 Å². The maximum absolute atomic E-state index is 13.1. The molecule has 1 saturated carbocycles. The highest BCUT2D eigenvalue weighted by Crippen LogP contribution is 2.38. The number of benzene rings is 1. The summed E-state index contributed by atoms with van der Waals surface area (Å²) in [5, 5.41) is 3.58. The monoisotopic (exact) mass is 435 g/mol. The number of halogens is 1. The summed E-state index contributed by atoms with van der Waals surface area (Å²) in [4.78, 5) is 15.5. The van der Waals surface area contributed by atoms with Crippen LogP contribution in [0.4, 0.5) is 5.69 Å². The SMILES string of the molecule is COC1CN(CCC2CCCCC2)CCC1NC(=O)c1cc(Cl)c(N)c2c1OCC2. The number of carbonyl (C=O) groups excluding carboxylic acids is 1. The first-order chi connectivity index (χ1) is 14.6. The molecule has 0 bridgehead atoms. The standard InChI is InChI=1S/C23H34ClN3O3/c1-29-20-14-27(10-7-15-5-3-2-4-6-15)11-8-19(20)26-23(28)17-13-18(24)21(25)16-9-12-30-22(16)17/h13,15,19-20H,2-12,14,25H2,1H3,(H,26,28). The lowest BCUT2D eigenvalue weighted by Gasteiger charge is -2.38. The van der Waals surface area contributed by atoms with Crippen molar-refractivity contribution in [2.24, 2.45) is 5.92 Å². The van der Waals surface area contributed by atoms with E-state index >= 15 is 0 Å². The second kappa shape index (κ2) is 9.75. The summed E-state index contributed by atoms with van der Waals surface area (Å²) < 4.78 is 11.5. The lowest BCUT2D eigenvalue weighted by atomic mass is 9.86. The molecule has 6 nitrogen and oxygen atoms in total. The number of ether oxygens (including phenoxy) is 2. The van der Waals surface area contributed by atoms with Gasteiger partial charge in [-0.1, -0.05) is 43.7 Å². The van der Waals surface area contributed by atoms with Gasteiger partial charge in [-0.3, -0.25) is 4.79 Å². The van der Waals surface area contributed by atoms with Crippen LogP contribution in [0.25, 0.3) is 0 Å². The van der Waals surface area contributed by atoms with Crippen LogP contribution in [-0.2, 0) is 11.2 Å². The van der Waals surface area contributed by atoms with Crippen LogP contribution >= 0.6 is 11.6 Å². The average molecular weight is 436 g/mol. The molecule has 2 atom stereocenters. The molecule has 0 spiro atoms. The Labute approximate surface area is 184 Å². The van der Waals surface area contributed by atoms with Gasteiger partial charge >= 0.3 is 0 Å². The fraction of sp³-hybridized carbons (Fsp3) is 0.696. The van der Waals surface area contributed by atoms with Gasteiger partial charge in [-0.25, -0.2) is 0 Å². The quantitative estimate of drug-likeness (QED) is 0.667. The first-order valence-corrected chi connectivity index (χ1v) is 11.7. The van der Waals surface area contributed by atoms with Crippen LogP contribution in [0.1, 0.15) is 60.9 Å². The molecule has 30 heavy (non-hydrogen) atoms. The number of nitrogens with zero attached hydrogens (tertiary/aromatic N) is 1. The van der Waals surface area contributed by atoms with Gasteiger partial charge in [0.05, 0.1) is 35.0 Å². The summed E-state index contributed by atoms with van der Waals surface area (Å²) in [6.07, 6.45) is 9.77. The maximum Gasteiger partial charge on any atom is 0.255 e. The number of rotatable bonds is 6. The van der Waals surface area contributed by atoms with Crippen molar-refractivity contribution < 1.29 is 14.3 Å². The van der Waals surface area contributed by atoms with Crippen molar-refractivity contribution in [2.45, 2.75) is 63.5 Å². The Morgan fingerprint density at radius 1 is 1.33 bits per heavy atom. The number of nitrogens with two attached hydrogens (primary N) is 1. The van der Waals surface area contributed by atoms with Crippen LogP contribution < -0.4 is 15.8 Å². The van der Waals surface area contributed by atoms with Crippen molar-refractivity contribution >= 4 is 23.2 Å². The number of carbonyl (C=O) groups is 1. The average Bonchev–Trinajstić information content (AvgIpc) is 3.26. The molecule has 2 heterocycles. The molecule has 2 fully saturated rings. The number of likely N-dealkylation sites (tertiary alicyclic amines) is 1. The normalized spacial score (nSPS) is 25.0. The van der Waals surface area contributed by atoms with E-state index in [1.807, 2.05) is 0 Å². The molecule has 1 aromatic rings. The molecule has 166 valence electrons. The number of piperidine rings is 1. The summed E-state index contributed by atoms with van der Waals surface area (Å²) >= 11 is 6.27.